The van der Waals surface area contributed by atoms with Gasteiger partial charge in [0, 0.05) is 11.8 Å². The Morgan fingerprint density at radius 2 is 1.96 bits per heavy atom. The molecule has 0 radical (unpaired) electrons. The van der Waals surface area contributed by atoms with Crippen LogP contribution in [0.25, 0.3) is 11.3 Å². The Bertz CT molecular complexity index is 861. The van der Waals surface area contributed by atoms with Gasteiger partial charge in [0.15, 0.2) is 11.6 Å². The van der Waals surface area contributed by atoms with Crippen LogP contribution in [0.3, 0.4) is 0 Å². The molecular formula is C19H18FN3O2. The van der Waals surface area contributed by atoms with Crippen molar-refractivity contribution < 1.29 is 13.9 Å². The Morgan fingerprint density at radius 3 is 2.56 bits per heavy atom. The first kappa shape index (κ1) is 16.7. The van der Waals surface area contributed by atoms with E-state index in [1.807, 2.05) is 18.2 Å². The summed E-state index contributed by atoms with van der Waals surface area (Å²) in [7, 11) is 1.41. The van der Waals surface area contributed by atoms with Crippen LogP contribution in [0.15, 0.2) is 54.7 Å². The molecule has 1 heterocycles. The molecule has 2 N–H and O–H groups in total. The molecule has 0 aliphatic heterocycles. The van der Waals surface area contributed by atoms with Gasteiger partial charge in [-0.15, -0.1) is 0 Å². The Kier molecular flexibility index (Phi) is 4.79. The number of nitrogens with zero attached hydrogens (tertiary/aromatic N) is 1. The number of carbonyl (C=O) groups is 1. The highest BCUT2D eigenvalue weighted by Crippen LogP contribution is 2.22. The van der Waals surface area contributed by atoms with Gasteiger partial charge in [-0.05, 0) is 48.4 Å². The first-order valence-corrected chi connectivity index (χ1v) is 7.82. The predicted molar refractivity (Wildman–Crippen MR) is 92.9 cm³/mol. The monoisotopic (exact) mass is 339 g/mol. The summed E-state index contributed by atoms with van der Waals surface area (Å²) in [6.45, 7) is 1.80. The van der Waals surface area contributed by atoms with Crippen molar-refractivity contribution in [2.45, 2.75) is 13.0 Å². The van der Waals surface area contributed by atoms with Crippen molar-refractivity contribution in [3.05, 3.63) is 71.7 Å². The standard InChI is InChI=1S/C19H18FN3O2/c1-12(15-7-8-18(25-2)16(20)11-15)22-19(24)14-5-3-13(4-6-14)17-9-10-21-23-17/h3-12H,1-2H3,(H,21,23)(H,22,24)/t12-/m1/s1. The summed E-state index contributed by atoms with van der Waals surface area (Å²) in [5.41, 5.74) is 3.03. The largest absolute Gasteiger partial charge is 0.494 e. The summed E-state index contributed by atoms with van der Waals surface area (Å²) < 4.78 is 18.7. The van der Waals surface area contributed by atoms with E-state index < -0.39 is 5.82 Å². The summed E-state index contributed by atoms with van der Waals surface area (Å²) in [4.78, 5) is 12.4. The molecule has 0 fully saturated rings. The van der Waals surface area contributed by atoms with Crippen molar-refractivity contribution in [3.63, 3.8) is 0 Å². The van der Waals surface area contributed by atoms with Gasteiger partial charge in [0.05, 0.1) is 18.8 Å². The smallest absolute Gasteiger partial charge is 0.251 e. The van der Waals surface area contributed by atoms with Gasteiger partial charge in [0.25, 0.3) is 5.91 Å². The zero-order valence-electron chi connectivity index (χ0n) is 13.9. The number of methoxy groups -OCH3 is 1. The fourth-order valence-electron chi connectivity index (χ4n) is 2.53. The number of aromatic nitrogens is 2. The lowest BCUT2D eigenvalue weighted by atomic mass is 10.1. The number of nitrogens with one attached hydrogen (secondary N) is 2. The van der Waals surface area contributed by atoms with Crippen LogP contribution in [0.5, 0.6) is 5.75 Å². The second kappa shape index (κ2) is 7.17. The highest BCUT2D eigenvalue weighted by molar-refractivity contribution is 5.94. The van der Waals surface area contributed by atoms with E-state index in [1.54, 1.807) is 37.4 Å². The molecule has 0 aliphatic rings. The van der Waals surface area contributed by atoms with Crippen molar-refractivity contribution in [1.29, 1.82) is 0 Å². The number of aromatic amines is 1. The molecule has 25 heavy (non-hydrogen) atoms. The summed E-state index contributed by atoms with van der Waals surface area (Å²) in [5, 5.41) is 9.64. The summed E-state index contributed by atoms with van der Waals surface area (Å²) >= 11 is 0. The second-order valence-electron chi connectivity index (χ2n) is 5.64. The Labute approximate surface area is 144 Å². The van der Waals surface area contributed by atoms with Crippen LogP contribution in [0.4, 0.5) is 4.39 Å². The summed E-state index contributed by atoms with van der Waals surface area (Å²) in [6.07, 6.45) is 1.67. The number of ether oxygens (including phenoxy) is 1. The molecular weight excluding hydrogens is 321 g/mol. The SMILES string of the molecule is COc1ccc([C@@H](C)NC(=O)c2ccc(-c3ccn[nH]3)cc2)cc1F. The van der Waals surface area contributed by atoms with Crippen molar-refractivity contribution in [2.24, 2.45) is 0 Å². The van der Waals surface area contributed by atoms with Gasteiger partial charge >= 0.3 is 0 Å². The number of benzene rings is 2. The average Bonchev–Trinajstić information content (AvgIpc) is 3.16. The zero-order valence-corrected chi connectivity index (χ0v) is 13.9. The molecule has 5 nitrogen and oxygen atoms in total. The average molecular weight is 339 g/mol. The molecule has 3 rings (SSSR count). The maximum Gasteiger partial charge on any atom is 0.251 e. The Hall–Kier alpha value is -3.15. The number of rotatable bonds is 5. The number of hydrogen-bond donors (Lipinski definition) is 2. The number of carbonyl (C=O) groups excluding carboxylic acids is 1. The molecule has 128 valence electrons. The van der Waals surface area contributed by atoms with Gasteiger partial charge in [0.2, 0.25) is 0 Å². The van der Waals surface area contributed by atoms with Gasteiger partial charge < -0.3 is 10.1 Å². The van der Waals surface area contributed by atoms with Gasteiger partial charge in [0.1, 0.15) is 0 Å². The zero-order chi connectivity index (χ0) is 17.8. The van der Waals surface area contributed by atoms with Crippen molar-refractivity contribution in [2.75, 3.05) is 7.11 Å². The number of hydrogen-bond acceptors (Lipinski definition) is 3. The number of halogens is 1. The van der Waals surface area contributed by atoms with E-state index in [0.29, 0.717) is 11.1 Å². The molecule has 0 saturated heterocycles. The fourth-order valence-corrected chi connectivity index (χ4v) is 2.53. The Balaban J connectivity index is 1.70. The van der Waals surface area contributed by atoms with Crippen LogP contribution >= 0.6 is 0 Å². The minimum atomic E-state index is -0.454. The molecule has 2 aromatic carbocycles. The van der Waals surface area contributed by atoms with Crippen molar-refractivity contribution in [1.82, 2.24) is 15.5 Å². The number of H-pyrrole nitrogens is 1. The lowest BCUT2D eigenvalue weighted by Gasteiger charge is -2.15. The molecule has 1 amide bonds. The van der Waals surface area contributed by atoms with Crippen LogP contribution < -0.4 is 10.1 Å². The molecule has 0 unspecified atom stereocenters. The van der Waals surface area contributed by atoms with Gasteiger partial charge in [-0.3, -0.25) is 9.89 Å². The maximum atomic E-state index is 13.8. The van der Waals surface area contributed by atoms with E-state index in [0.717, 1.165) is 11.3 Å². The molecule has 0 saturated carbocycles. The molecule has 1 atom stereocenters. The van der Waals surface area contributed by atoms with Crippen LogP contribution in [0.1, 0.15) is 28.9 Å². The lowest BCUT2D eigenvalue weighted by Crippen LogP contribution is -2.26. The van der Waals surface area contributed by atoms with Crippen molar-refractivity contribution in [3.8, 4) is 17.0 Å². The Morgan fingerprint density at radius 1 is 1.20 bits per heavy atom. The van der Waals surface area contributed by atoms with E-state index in [1.165, 1.54) is 13.2 Å². The van der Waals surface area contributed by atoms with Crippen LogP contribution in [-0.4, -0.2) is 23.2 Å². The molecule has 0 bridgehead atoms. The van der Waals surface area contributed by atoms with Gasteiger partial charge in [-0.25, -0.2) is 4.39 Å². The van der Waals surface area contributed by atoms with E-state index >= 15 is 0 Å². The molecule has 3 aromatic rings. The minimum Gasteiger partial charge on any atom is -0.494 e. The maximum absolute atomic E-state index is 13.8. The highest BCUT2D eigenvalue weighted by atomic mass is 19.1. The third-order valence-electron chi connectivity index (χ3n) is 3.98. The quantitative estimate of drug-likeness (QED) is 0.744. The number of amides is 1. The van der Waals surface area contributed by atoms with Crippen LogP contribution in [0.2, 0.25) is 0 Å². The third kappa shape index (κ3) is 3.68. The predicted octanol–water partition coefficient (Wildman–Crippen LogP) is 3.72. The fraction of sp³-hybridized carbons (Fsp3) is 0.158. The third-order valence-corrected chi connectivity index (χ3v) is 3.98. The van der Waals surface area contributed by atoms with Gasteiger partial charge in [-0.2, -0.15) is 5.10 Å². The molecule has 1 aromatic heterocycles. The topological polar surface area (TPSA) is 67.0 Å². The second-order valence-corrected chi connectivity index (χ2v) is 5.64. The molecule has 0 spiro atoms. The van der Waals surface area contributed by atoms with Crippen LogP contribution in [0, 0.1) is 5.82 Å². The first-order valence-electron chi connectivity index (χ1n) is 7.82. The van der Waals surface area contributed by atoms with Crippen LogP contribution in [-0.2, 0) is 0 Å². The minimum absolute atomic E-state index is 0.177. The van der Waals surface area contributed by atoms with Gasteiger partial charge in [-0.1, -0.05) is 18.2 Å². The van der Waals surface area contributed by atoms with Crippen molar-refractivity contribution >= 4 is 5.91 Å². The first-order chi connectivity index (χ1) is 12.1. The normalized spacial score (nSPS) is 11.8. The van der Waals surface area contributed by atoms with E-state index in [-0.39, 0.29) is 17.7 Å². The molecule has 0 aliphatic carbocycles. The summed E-state index contributed by atoms with van der Waals surface area (Å²) in [6, 6.07) is 13.3. The van der Waals surface area contributed by atoms with E-state index in [9.17, 15) is 9.18 Å². The lowest BCUT2D eigenvalue weighted by molar-refractivity contribution is 0.0940. The summed E-state index contributed by atoms with van der Waals surface area (Å²) in [5.74, 6) is -0.499. The van der Waals surface area contributed by atoms with E-state index in [2.05, 4.69) is 15.5 Å². The van der Waals surface area contributed by atoms with E-state index in [4.69, 9.17) is 4.74 Å². The highest BCUT2D eigenvalue weighted by Gasteiger charge is 2.14. The molecule has 6 heteroatoms.